The number of rotatable bonds is 14. The number of hydrogen-bond donors (Lipinski definition) is 2. The highest BCUT2D eigenvalue weighted by Gasteiger charge is 2.41. The van der Waals surface area contributed by atoms with Crippen LogP contribution >= 0.6 is 12.2 Å². The van der Waals surface area contributed by atoms with E-state index in [0.29, 0.717) is 4.99 Å². The molecule has 0 saturated carbocycles. The van der Waals surface area contributed by atoms with E-state index in [2.05, 4.69) is 80.9 Å². The minimum Gasteiger partial charge on any atom is -0.464 e. The Bertz CT molecular complexity index is 1170. The van der Waals surface area contributed by atoms with Crippen molar-refractivity contribution < 1.29 is 18.7 Å². The van der Waals surface area contributed by atoms with Crippen LogP contribution in [0.1, 0.15) is 44.4 Å². The van der Waals surface area contributed by atoms with Gasteiger partial charge < -0.3 is 19.2 Å². The maximum absolute atomic E-state index is 13.1. The lowest BCUT2D eigenvalue weighted by Crippen LogP contribution is -2.59. The molecule has 0 unspecified atom stereocenters. The highest BCUT2D eigenvalue weighted by atomic mass is 32.1. The van der Waals surface area contributed by atoms with Crippen LogP contribution in [0.3, 0.4) is 0 Å². The number of methoxy groups -OCH3 is 1. The van der Waals surface area contributed by atoms with Crippen molar-refractivity contribution in [1.82, 2.24) is 10.6 Å². The van der Waals surface area contributed by atoms with E-state index in [4.69, 9.17) is 26.1 Å². The van der Waals surface area contributed by atoms with Gasteiger partial charge in [0, 0.05) is 7.11 Å². The number of carbonyl (C=O) groups is 1. The van der Waals surface area contributed by atoms with Gasteiger partial charge in [0.1, 0.15) is 6.04 Å². The Morgan fingerprint density at radius 1 is 0.810 bits per heavy atom. The van der Waals surface area contributed by atoms with Gasteiger partial charge in [-0.15, -0.1) is 0 Å². The molecule has 0 saturated heterocycles. The fourth-order valence-electron chi connectivity index (χ4n) is 4.62. The Balaban J connectivity index is 2.04. The molecule has 2 N–H and O–H groups in total. The third-order valence-corrected chi connectivity index (χ3v) is 12.9. The van der Waals surface area contributed by atoms with E-state index in [1.54, 1.807) is 14.0 Å². The first-order valence-corrected chi connectivity index (χ1v) is 17.8. The van der Waals surface area contributed by atoms with Gasteiger partial charge in [-0.2, -0.15) is 0 Å². The Labute approximate surface area is 258 Å². The number of esters is 1. The topological polar surface area (TPSA) is 68.8 Å². The van der Waals surface area contributed by atoms with Gasteiger partial charge in [0.05, 0.1) is 36.4 Å². The molecule has 0 spiro atoms. The number of ether oxygens (including phenoxy) is 2. The maximum Gasteiger partial charge on any atom is 0.330 e. The van der Waals surface area contributed by atoms with Crippen molar-refractivity contribution in [2.45, 2.75) is 63.4 Å². The largest absolute Gasteiger partial charge is 0.464 e. The Morgan fingerprint density at radius 3 is 1.64 bits per heavy atom. The van der Waals surface area contributed by atoms with Gasteiger partial charge in [0.2, 0.25) is 0 Å². The molecule has 42 heavy (non-hydrogen) atoms. The van der Waals surface area contributed by atoms with E-state index in [9.17, 15) is 4.79 Å². The molecule has 0 aromatic heterocycles. The first kappa shape index (κ1) is 33.6. The fraction of sp³-hybridized carbons (Fsp3) is 0.412. The summed E-state index contributed by atoms with van der Waals surface area (Å²) in [5.41, 5.74) is 2.38. The molecule has 0 aliphatic rings. The van der Waals surface area contributed by atoms with Crippen molar-refractivity contribution >= 4 is 31.5 Å². The van der Waals surface area contributed by atoms with E-state index >= 15 is 0 Å². The summed E-state index contributed by atoms with van der Waals surface area (Å²) >= 11 is 6.01. The Hall–Kier alpha value is -2.88. The molecule has 3 aromatic carbocycles. The van der Waals surface area contributed by atoms with Crippen molar-refractivity contribution in [3.05, 3.63) is 108 Å². The second-order valence-corrected chi connectivity index (χ2v) is 17.1. The number of nitrogens with one attached hydrogen (secondary N) is 2. The van der Waals surface area contributed by atoms with Crippen LogP contribution in [-0.4, -0.2) is 58.3 Å². The summed E-state index contributed by atoms with van der Waals surface area (Å²) in [7, 11) is -0.483. The summed E-state index contributed by atoms with van der Waals surface area (Å²) in [5.74, 6) is -0.393. The highest BCUT2D eigenvalue weighted by molar-refractivity contribution is 7.80. The summed E-state index contributed by atoms with van der Waals surface area (Å²) in [5, 5.41) is 7.17. The Morgan fingerprint density at radius 2 is 1.26 bits per heavy atom. The molecule has 6 nitrogen and oxygen atoms in total. The second-order valence-electron chi connectivity index (χ2n) is 11.9. The van der Waals surface area contributed by atoms with Crippen LogP contribution in [0.15, 0.2) is 91.0 Å². The quantitative estimate of drug-likeness (QED) is 0.0946. The number of hydrogen-bond acceptors (Lipinski definition) is 6. The molecular formula is C34H46N2O4SSi. The molecule has 0 radical (unpaired) electrons. The molecule has 3 aromatic rings. The van der Waals surface area contributed by atoms with Gasteiger partial charge in [-0.1, -0.05) is 124 Å². The van der Waals surface area contributed by atoms with Crippen molar-refractivity contribution in [2.75, 3.05) is 26.9 Å². The zero-order chi connectivity index (χ0) is 30.8. The monoisotopic (exact) mass is 606 g/mol. The Kier molecular flexibility index (Phi) is 12.0. The van der Waals surface area contributed by atoms with Crippen LogP contribution < -0.4 is 10.6 Å². The molecule has 8 heteroatoms. The van der Waals surface area contributed by atoms with Crippen molar-refractivity contribution in [2.24, 2.45) is 0 Å². The predicted molar refractivity (Wildman–Crippen MR) is 177 cm³/mol. The van der Waals surface area contributed by atoms with E-state index in [0.717, 1.165) is 16.7 Å². The lowest BCUT2D eigenvalue weighted by molar-refractivity contribution is -0.146. The van der Waals surface area contributed by atoms with Crippen molar-refractivity contribution in [1.29, 1.82) is 0 Å². The molecule has 3 rings (SSSR count). The summed E-state index contributed by atoms with van der Waals surface area (Å²) in [4.78, 5) is 13.6. The number of benzene rings is 3. The lowest BCUT2D eigenvalue weighted by atomic mass is 9.76. The smallest absolute Gasteiger partial charge is 0.330 e. The second kappa shape index (κ2) is 15.0. The molecule has 226 valence electrons. The minimum absolute atomic E-state index is 0.00643. The predicted octanol–water partition coefficient (Wildman–Crippen LogP) is 6.45. The summed E-state index contributed by atoms with van der Waals surface area (Å²) in [6.07, 6.45) is 0. The molecule has 0 bridgehead atoms. The standard InChI is InChI=1S/C34H46N2O4SSi/c1-8-39-32(37)30(25-40-42(6,7)33(2,3)4)35-31(41)29(24-38-5)36-34(26-18-12-9-13-19-26,27-20-14-10-15-21-27)28-22-16-11-17-23-28/h9-23,29-30,36H,8,24-25H2,1-7H3,(H,35,41)/t29-,30-/m0/s1. The van der Waals surface area contributed by atoms with Crippen LogP contribution in [0.2, 0.25) is 18.1 Å². The zero-order valence-electron chi connectivity index (χ0n) is 26.0. The van der Waals surface area contributed by atoms with Gasteiger partial charge in [0.15, 0.2) is 8.32 Å². The van der Waals surface area contributed by atoms with Crippen LogP contribution in [0.5, 0.6) is 0 Å². The first-order chi connectivity index (χ1) is 20.0. The van der Waals surface area contributed by atoms with Crippen molar-refractivity contribution in [3.8, 4) is 0 Å². The van der Waals surface area contributed by atoms with Crippen molar-refractivity contribution in [3.63, 3.8) is 0 Å². The SMILES string of the molecule is CCOC(=O)[C@H](CO[Si](C)(C)C(C)(C)C)NC(=S)[C@H](COC)NC(c1ccccc1)(c1ccccc1)c1ccccc1. The van der Waals surface area contributed by atoms with Crippen LogP contribution in [0.25, 0.3) is 0 Å². The molecule has 0 heterocycles. The summed E-state index contributed by atoms with van der Waals surface area (Å²) in [6, 6.07) is 29.7. The van der Waals surface area contributed by atoms with Gasteiger partial charge in [-0.05, 0) is 41.7 Å². The maximum atomic E-state index is 13.1. The van der Waals surface area contributed by atoms with Crippen LogP contribution in [-0.2, 0) is 24.2 Å². The average Bonchev–Trinajstić information content (AvgIpc) is 2.98. The summed E-state index contributed by atoms with van der Waals surface area (Å²) in [6.45, 7) is 13.3. The molecule has 2 atom stereocenters. The van der Waals surface area contributed by atoms with Gasteiger partial charge in [-0.3, -0.25) is 5.32 Å². The molecular weight excluding hydrogens is 561 g/mol. The van der Waals surface area contributed by atoms with Crippen LogP contribution in [0.4, 0.5) is 0 Å². The molecule has 0 amide bonds. The average molecular weight is 607 g/mol. The zero-order valence-corrected chi connectivity index (χ0v) is 27.8. The minimum atomic E-state index is -2.13. The highest BCUT2D eigenvalue weighted by Crippen LogP contribution is 2.38. The van der Waals surface area contributed by atoms with Gasteiger partial charge in [-0.25, -0.2) is 4.79 Å². The molecule has 0 fully saturated rings. The molecule has 0 aliphatic heterocycles. The third kappa shape index (κ3) is 8.14. The summed E-state index contributed by atoms with van der Waals surface area (Å²) < 4.78 is 17.6. The normalized spacial score (nSPS) is 13.7. The van der Waals surface area contributed by atoms with E-state index in [1.807, 2.05) is 54.6 Å². The number of carbonyl (C=O) groups excluding carboxylic acids is 1. The number of thiocarbonyl (C=S) groups is 1. The van der Waals surface area contributed by atoms with Crippen LogP contribution in [0, 0.1) is 0 Å². The lowest BCUT2D eigenvalue weighted by Gasteiger charge is -2.41. The van der Waals surface area contributed by atoms with E-state index in [-0.39, 0.29) is 24.9 Å². The molecule has 0 aliphatic carbocycles. The van der Waals surface area contributed by atoms with E-state index in [1.165, 1.54) is 0 Å². The first-order valence-electron chi connectivity index (χ1n) is 14.5. The third-order valence-electron chi connectivity index (χ3n) is 7.97. The van der Waals surface area contributed by atoms with Gasteiger partial charge in [0.25, 0.3) is 0 Å². The van der Waals surface area contributed by atoms with Gasteiger partial charge >= 0.3 is 5.97 Å². The van der Waals surface area contributed by atoms with E-state index < -0.39 is 31.9 Å². The fourth-order valence-corrected chi connectivity index (χ4v) is 5.90.